The summed E-state index contributed by atoms with van der Waals surface area (Å²) in [7, 11) is 0. The van der Waals surface area contributed by atoms with E-state index in [2.05, 4.69) is 42.3 Å². The third-order valence-corrected chi connectivity index (χ3v) is 3.81. The molecule has 0 bridgehead atoms. The molecule has 1 unspecified atom stereocenters. The van der Waals surface area contributed by atoms with Crippen LogP contribution in [0.15, 0.2) is 34.9 Å². The number of nitrogens with one attached hydrogen (secondary N) is 2. The Morgan fingerprint density at radius 3 is 3.00 bits per heavy atom. The second-order valence-corrected chi connectivity index (χ2v) is 6.25. The van der Waals surface area contributed by atoms with Crippen molar-refractivity contribution in [3.8, 4) is 17.5 Å². The van der Waals surface area contributed by atoms with Crippen LogP contribution in [0.3, 0.4) is 0 Å². The first-order valence-electron chi connectivity index (χ1n) is 7.12. The zero-order valence-electron chi connectivity index (χ0n) is 12.5. The number of fused-ring (bicyclic) bond motifs is 1. The van der Waals surface area contributed by atoms with E-state index < -0.39 is 0 Å². The third kappa shape index (κ3) is 3.33. The van der Waals surface area contributed by atoms with Crippen LogP contribution in [0.1, 0.15) is 12.6 Å². The Hall–Kier alpha value is -2.43. The fourth-order valence-electron chi connectivity index (χ4n) is 2.24. The highest BCUT2D eigenvalue weighted by atomic mass is 79.9. The van der Waals surface area contributed by atoms with Crippen molar-refractivity contribution in [3.05, 3.63) is 40.6 Å². The van der Waals surface area contributed by atoms with Crippen LogP contribution in [-0.4, -0.2) is 27.5 Å². The Morgan fingerprint density at radius 2 is 2.26 bits per heavy atom. The van der Waals surface area contributed by atoms with E-state index in [4.69, 9.17) is 5.73 Å². The van der Waals surface area contributed by atoms with E-state index in [1.807, 2.05) is 31.2 Å². The summed E-state index contributed by atoms with van der Waals surface area (Å²) < 4.78 is 0.995. The molecule has 0 aliphatic rings. The van der Waals surface area contributed by atoms with E-state index in [1.54, 1.807) is 6.20 Å². The van der Waals surface area contributed by atoms with Gasteiger partial charge in [0.1, 0.15) is 17.6 Å². The maximum Gasteiger partial charge on any atom is 0.168 e. The van der Waals surface area contributed by atoms with Crippen molar-refractivity contribution in [1.82, 2.24) is 15.0 Å². The standard InChI is InChI=1S/C16H15BrN6/c1-9(19)7-21-15-8-20-14(6-18)16(23-15)13-5-10-4-11(17)2-3-12(10)22-13/h2-5,8-9,22H,7,19H2,1H3,(H,21,23). The van der Waals surface area contributed by atoms with Gasteiger partial charge in [0.25, 0.3) is 0 Å². The quantitative estimate of drug-likeness (QED) is 0.654. The summed E-state index contributed by atoms with van der Waals surface area (Å²) in [6.45, 7) is 2.49. The van der Waals surface area contributed by atoms with Gasteiger partial charge in [-0.05, 0) is 31.2 Å². The highest BCUT2D eigenvalue weighted by Crippen LogP contribution is 2.27. The van der Waals surface area contributed by atoms with Gasteiger partial charge in [0.2, 0.25) is 0 Å². The largest absolute Gasteiger partial charge is 0.367 e. The van der Waals surface area contributed by atoms with E-state index in [0.29, 0.717) is 18.1 Å². The van der Waals surface area contributed by atoms with Gasteiger partial charge in [0, 0.05) is 28.0 Å². The molecule has 7 heteroatoms. The van der Waals surface area contributed by atoms with Crippen molar-refractivity contribution in [3.63, 3.8) is 0 Å². The summed E-state index contributed by atoms with van der Waals surface area (Å²) in [6.07, 6.45) is 1.55. The predicted molar refractivity (Wildman–Crippen MR) is 93.9 cm³/mol. The lowest BCUT2D eigenvalue weighted by molar-refractivity contribution is 0.776. The smallest absolute Gasteiger partial charge is 0.168 e. The molecule has 0 radical (unpaired) electrons. The Kier molecular flexibility index (Phi) is 4.28. The first-order chi connectivity index (χ1) is 11.1. The summed E-state index contributed by atoms with van der Waals surface area (Å²) in [5, 5.41) is 13.4. The Morgan fingerprint density at radius 1 is 1.43 bits per heavy atom. The topological polar surface area (TPSA) is 103 Å². The lowest BCUT2D eigenvalue weighted by Crippen LogP contribution is -2.25. The maximum atomic E-state index is 9.29. The molecule has 4 N–H and O–H groups in total. The Bertz CT molecular complexity index is 893. The van der Waals surface area contributed by atoms with Crippen LogP contribution in [0.2, 0.25) is 0 Å². The number of aromatic amines is 1. The van der Waals surface area contributed by atoms with E-state index in [-0.39, 0.29) is 11.7 Å². The van der Waals surface area contributed by atoms with E-state index in [0.717, 1.165) is 21.1 Å². The lowest BCUT2D eigenvalue weighted by atomic mass is 10.2. The van der Waals surface area contributed by atoms with Crippen LogP contribution in [0.25, 0.3) is 22.3 Å². The van der Waals surface area contributed by atoms with Crippen molar-refractivity contribution >= 4 is 32.7 Å². The molecule has 1 aromatic carbocycles. The molecule has 0 saturated carbocycles. The normalized spacial score (nSPS) is 12.1. The average molecular weight is 371 g/mol. The SMILES string of the molecule is CC(N)CNc1cnc(C#N)c(-c2cc3cc(Br)ccc3[nH]2)n1. The summed E-state index contributed by atoms with van der Waals surface area (Å²) in [5.74, 6) is 0.594. The number of halogens is 1. The average Bonchev–Trinajstić information content (AvgIpc) is 2.95. The molecule has 6 nitrogen and oxygen atoms in total. The van der Waals surface area contributed by atoms with Gasteiger partial charge in [-0.1, -0.05) is 15.9 Å². The monoisotopic (exact) mass is 370 g/mol. The summed E-state index contributed by atoms with van der Waals surface area (Å²) in [5.41, 5.74) is 8.27. The number of nitrogens with zero attached hydrogens (tertiary/aromatic N) is 3. The van der Waals surface area contributed by atoms with Crippen LogP contribution in [-0.2, 0) is 0 Å². The van der Waals surface area contributed by atoms with Gasteiger partial charge in [-0.15, -0.1) is 0 Å². The fraction of sp³-hybridized carbons (Fsp3) is 0.188. The number of anilines is 1. The van der Waals surface area contributed by atoms with Crippen molar-refractivity contribution in [1.29, 1.82) is 5.26 Å². The van der Waals surface area contributed by atoms with Gasteiger partial charge in [0.05, 0.1) is 11.9 Å². The molecular formula is C16H15BrN6. The molecule has 0 spiro atoms. The zero-order chi connectivity index (χ0) is 16.4. The number of H-pyrrole nitrogens is 1. The molecule has 0 saturated heterocycles. The zero-order valence-corrected chi connectivity index (χ0v) is 14.1. The van der Waals surface area contributed by atoms with Gasteiger partial charge < -0.3 is 16.0 Å². The lowest BCUT2D eigenvalue weighted by Gasteiger charge is -2.09. The van der Waals surface area contributed by atoms with E-state index in [9.17, 15) is 5.26 Å². The molecule has 23 heavy (non-hydrogen) atoms. The first kappa shape index (κ1) is 15.5. The van der Waals surface area contributed by atoms with Gasteiger partial charge in [-0.25, -0.2) is 9.97 Å². The molecule has 0 aliphatic carbocycles. The van der Waals surface area contributed by atoms with Crippen molar-refractivity contribution in [2.75, 3.05) is 11.9 Å². The molecule has 116 valence electrons. The highest BCUT2D eigenvalue weighted by Gasteiger charge is 2.13. The number of nitrogens with two attached hydrogens (primary N) is 1. The number of nitriles is 1. The first-order valence-corrected chi connectivity index (χ1v) is 7.91. The summed E-state index contributed by atoms with van der Waals surface area (Å²) in [4.78, 5) is 12.0. The molecule has 2 aromatic heterocycles. The molecular weight excluding hydrogens is 356 g/mol. The van der Waals surface area contributed by atoms with Crippen LogP contribution in [0.5, 0.6) is 0 Å². The Balaban J connectivity index is 2.04. The second-order valence-electron chi connectivity index (χ2n) is 5.34. The van der Waals surface area contributed by atoms with Gasteiger partial charge in [-0.2, -0.15) is 5.26 Å². The summed E-state index contributed by atoms with van der Waals surface area (Å²) >= 11 is 3.46. The maximum absolute atomic E-state index is 9.29. The summed E-state index contributed by atoms with van der Waals surface area (Å²) in [6, 6.07) is 9.98. The number of benzene rings is 1. The number of aromatic nitrogens is 3. The number of hydrogen-bond donors (Lipinski definition) is 3. The van der Waals surface area contributed by atoms with Crippen LogP contribution in [0, 0.1) is 11.3 Å². The van der Waals surface area contributed by atoms with E-state index in [1.165, 1.54) is 0 Å². The molecule has 0 aliphatic heterocycles. The van der Waals surface area contributed by atoms with Gasteiger partial charge in [0.15, 0.2) is 5.69 Å². The minimum absolute atomic E-state index is 0.00122. The third-order valence-electron chi connectivity index (χ3n) is 3.32. The minimum Gasteiger partial charge on any atom is -0.367 e. The van der Waals surface area contributed by atoms with Gasteiger partial charge in [-0.3, -0.25) is 0 Å². The van der Waals surface area contributed by atoms with Crippen molar-refractivity contribution in [2.45, 2.75) is 13.0 Å². The molecule has 0 fully saturated rings. The predicted octanol–water partition coefficient (Wildman–Crippen LogP) is 3.02. The number of rotatable bonds is 4. The van der Waals surface area contributed by atoms with Crippen LogP contribution in [0.4, 0.5) is 5.82 Å². The molecule has 3 rings (SSSR count). The Labute approximate surface area is 141 Å². The molecule has 0 amide bonds. The van der Waals surface area contributed by atoms with Crippen LogP contribution >= 0.6 is 15.9 Å². The van der Waals surface area contributed by atoms with Crippen LogP contribution < -0.4 is 11.1 Å². The second kappa shape index (κ2) is 6.36. The van der Waals surface area contributed by atoms with E-state index >= 15 is 0 Å². The van der Waals surface area contributed by atoms with Crippen molar-refractivity contribution in [2.24, 2.45) is 5.73 Å². The molecule has 3 aromatic rings. The van der Waals surface area contributed by atoms with Crippen molar-refractivity contribution < 1.29 is 0 Å². The molecule has 1 atom stereocenters. The fourth-order valence-corrected chi connectivity index (χ4v) is 2.62. The molecule has 2 heterocycles. The highest BCUT2D eigenvalue weighted by molar-refractivity contribution is 9.10. The minimum atomic E-state index is 0.00122. The van der Waals surface area contributed by atoms with Gasteiger partial charge >= 0.3 is 0 Å². The number of hydrogen-bond acceptors (Lipinski definition) is 5.